The van der Waals surface area contributed by atoms with Gasteiger partial charge >= 0.3 is 0 Å². The van der Waals surface area contributed by atoms with Crippen molar-refractivity contribution >= 4 is 5.69 Å². The molecule has 0 bridgehead atoms. The van der Waals surface area contributed by atoms with E-state index in [9.17, 15) is 0 Å². The lowest BCUT2D eigenvalue weighted by atomic mass is 9.92. The Labute approximate surface area is 113 Å². The standard InChI is InChI=1S/C14H21N5/c1-10-11(6-5-7-12(10)15)13-16-17-18-19(13)9-8-14(2,3)4/h5-7H,8-9,15H2,1-4H3. The predicted octanol–water partition coefficient (Wildman–Crippen LogP) is 2.67. The van der Waals surface area contributed by atoms with Crippen LogP contribution in [0.3, 0.4) is 0 Å². The molecule has 0 radical (unpaired) electrons. The third-order valence-corrected chi connectivity index (χ3v) is 3.22. The molecule has 0 aliphatic carbocycles. The van der Waals surface area contributed by atoms with Crippen molar-refractivity contribution in [2.75, 3.05) is 5.73 Å². The quantitative estimate of drug-likeness (QED) is 0.860. The third-order valence-electron chi connectivity index (χ3n) is 3.22. The molecule has 0 fully saturated rings. The summed E-state index contributed by atoms with van der Waals surface area (Å²) in [6, 6.07) is 5.83. The fourth-order valence-electron chi connectivity index (χ4n) is 1.89. The molecule has 2 rings (SSSR count). The summed E-state index contributed by atoms with van der Waals surface area (Å²) in [5.74, 6) is 0.786. The van der Waals surface area contributed by atoms with Gasteiger partial charge in [0.1, 0.15) is 0 Å². The van der Waals surface area contributed by atoms with E-state index in [1.165, 1.54) is 0 Å². The smallest absolute Gasteiger partial charge is 0.182 e. The highest BCUT2D eigenvalue weighted by atomic mass is 15.5. The minimum absolute atomic E-state index is 0.258. The van der Waals surface area contributed by atoms with Crippen LogP contribution in [0.25, 0.3) is 11.4 Å². The molecule has 0 amide bonds. The van der Waals surface area contributed by atoms with Crippen LogP contribution in [0.5, 0.6) is 0 Å². The van der Waals surface area contributed by atoms with E-state index in [0.717, 1.165) is 35.6 Å². The second kappa shape index (κ2) is 4.99. The van der Waals surface area contributed by atoms with Gasteiger partial charge in [-0.05, 0) is 40.8 Å². The zero-order valence-electron chi connectivity index (χ0n) is 12.0. The zero-order chi connectivity index (χ0) is 14.0. The summed E-state index contributed by atoms with van der Waals surface area (Å²) in [4.78, 5) is 0. The van der Waals surface area contributed by atoms with Gasteiger partial charge in [-0.2, -0.15) is 0 Å². The van der Waals surface area contributed by atoms with Crippen LogP contribution in [-0.4, -0.2) is 20.2 Å². The summed E-state index contributed by atoms with van der Waals surface area (Å²) in [6.07, 6.45) is 1.02. The lowest BCUT2D eigenvalue weighted by molar-refractivity contribution is 0.340. The molecule has 19 heavy (non-hydrogen) atoms. The van der Waals surface area contributed by atoms with Gasteiger partial charge < -0.3 is 5.73 Å². The Hall–Kier alpha value is -1.91. The molecule has 0 spiro atoms. The maximum Gasteiger partial charge on any atom is 0.182 e. The average Bonchev–Trinajstić information content (AvgIpc) is 2.77. The molecule has 0 unspecified atom stereocenters. The van der Waals surface area contributed by atoms with E-state index in [1.807, 2.05) is 29.8 Å². The molecule has 1 heterocycles. The Bertz CT molecular complexity index is 565. The van der Waals surface area contributed by atoms with E-state index < -0.39 is 0 Å². The van der Waals surface area contributed by atoms with Crippen molar-refractivity contribution in [1.82, 2.24) is 20.2 Å². The van der Waals surface area contributed by atoms with Crippen LogP contribution < -0.4 is 5.73 Å². The SMILES string of the molecule is Cc1c(N)cccc1-c1nnnn1CCC(C)(C)C. The van der Waals surface area contributed by atoms with Gasteiger partial charge in [-0.15, -0.1) is 5.10 Å². The topological polar surface area (TPSA) is 69.6 Å². The monoisotopic (exact) mass is 259 g/mol. The second-order valence-corrected chi connectivity index (χ2v) is 6.06. The van der Waals surface area contributed by atoms with Crippen LogP contribution >= 0.6 is 0 Å². The second-order valence-electron chi connectivity index (χ2n) is 6.06. The molecule has 0 saturated heterocycles. The number of rotatable bonds is 3. The molecule has 5 heteroatoms. The minimum Gasteiger partial charge on any atom is -0.398 e. The van der Waals surface area contributed by atoms with E-state index in [2.05, 4.69) is 36.3 Å². The first kappa shape index (κ1) is 13.5. The van der Waals surface area contributed by atoms with Crippen LogP contribution in [-0.2, 0) is 6.54 Å². The third kappa shape index (κ3) is 3.10. The summed E-state index contributed by atoms with van der Waals surface area (Å²) in [7, 11) is 0. The van der Waals surface area contributed by atoms with Crippen LogP contribution in [0.4, 0.5) is 5.69 Å². The molecular formula is C14H21N5. The van der Waals surface area contributed by atoms with Crippen molar-refractivity contribution in [1.29, 1.82) is 0 Å². The van der Waals surface area contributed by atoms with Crippen molar-refractivity contribution < 1.29 is 0 Å². The molecule has 0 saturated carbocycles. The van der Waals surface area contributed by atoms with Crippen molar-refractivity contribution in [3.05, 3.63) is 23.8 Å². The minimum atomic E-state index is 0.258. The van der Waals surface area contributed by atoms with Gasteiger partial charge in [0.05, 0.1) is 0 Å². The maximum atomic E-state index is 5.94. The number of anilines is 1. The zero-order valence-corrected chi connectivity index (χ0v) is 12.0. The largest absolute Gasteiger partial charge is 0.398 e. The van der Waals surface area contributed by atoms with Crippen LogP contribution in [0.15, 0.2) is 18.2 Å². The van der Waals surface area contributed by atoms with Gasteiger partial charge in [0.25, 0.3) is 0 Å². The molecule has 1 aromatic carbocycles. The lowest BCUT2D eigenvalue weighted by Gasteiger charge is -2.18. The van der Waals surface area contributed by atoms with Gasteiger partial charge in [-0.25, -0.2) is 4.68 Å². The molecule has 5 nitrogen and oxygen atoms in total. The maximum absolute atomic E-state index is 5.94. The first-order chi connectivity index (χ1) is 8.88. The summed E-state index contributed by atoms with van der Waals surface area (Å²) < 4.78 is 1.85. The van der Waals surface area contributed by atoms with Crippen LogP contribution in [0.1, 0.15) is 32.8 Å². The van der Waals surface area contributed by atoms with Gasteiger partial charge in [-0.1, -0.05) is 32.9 Å². The molecule has 1 aromatic heterocycles. The highest BCUT2D eigenvalue weighted by Gasteiger charge is 2.15. The first-order valence-electron chi connectivity index (χ1n) is 6.50. The van der Waals surface area contributed by atoms with E-state index in [4.69, 9.17) is 5.73 Å². The molecule has 2 aromatic rings. The number of nitrogens with zero attached hydrogens (tertiary/aromatic N) is 4. The van der Waals surface area contributed by atoms with E-state index in [-0.39, 0.29) is 5.41 Å². The van der Waals surface area contributed by atoms with Crippen LogP contribution in [0, 0.1) is 12.3 Å². The van der Waals surface area contributed by atoms with Crippen molar-refractivity contribution in [2.24, 2.45) is 5.41 Å². The number of aryl methyl sites for hydroxylation is 1. The van der Waals surface area contributed by atoms with E-state index >= 15 is 0 Å². The predicted molar refractivity (Wildman–Crippen MR) is 76.5 cm³/mol. The van der Waals surface area contributed by atoms with Gasteiger partial charge in [0.2, 0.25) is 0 Å². The normalized spacial score (nSPS) is 11.8. The Morgan fingerprint density at radius 2 is 2.00 bits per heavy atom. The fourth-order valence-corrected chi connectivity index (χ4v) is 1.89. The van der Waals surface area contributed by atoms with Crippen molar-refractivity contribution in [3.63, 3.8) is 0 Å². The molecule has 102 valence electrons. The molecule has 2 N–H and O–H groups in total. The molecule has 0 aliphatic rings. The Morgan fingerprint density at radius 1 is 1.26 bits per heavy atom. The summed E-state index contributed by atoms with van der Waals surface area (Å²) in [5.41, 5.74) is 8.99. The molecule has 0 aliphatic heterocycles. The Morgan fingerprint density at radius 3 is 2.68 bits per heavy atom. The van der Waals surface area contributed by atoms with Crippen molar-refractivity contribution in [3.8, 4) is 11.4 Å². The highest BCUT2D eigenvalue weighted by molar-refractivity contribution is 5.67. The molecule has 0 atom stereocenters. The number of hydrogen-bond acceptors (Lipinski definition) is 4. The Balaban J connectivity index is 2.31. The van der Waals surface area contributed by atoms with E-state index in [0.29, 0.717) is 0 Å². The summed E-state index contributed by atoms with van der Waals surface area (Å²) in [6.45, 7) is 9.43. The fraction of sp³-hybridized carbons (Fsp3) is 0.500. The first-order valence-corrected chi connectivity index (χ1v) is 6.50. The number of nitrogens with two attached hydrogens (primary N) is 1. The average molecular weight is 259 g/mol. The summed E-state index contributed by atoms with van der Waals surface area (Å²) >= 11 is 0. The number of nitrogen functional groups attached to an aromatic ring is 1. The highest BCUT2D eigenvalue weighted by Crippen LogP contribution is 2.26. The van der Waals surface area contributed by atoms with Crippen LogP contribution in [0.2, 0.25) is 0 Å². The number of tetrazole rings is 1. The van der Waals surface area contributed by atoms with Gasteiger partial charge in [-0.3, -0.25) is 0 Å². The lowest BCUT2D eigenvalue weighted by Crippen LogP contribution is -2.12. The number of aromatic nitrogens is 4. The number of benzene rings is 1. The number of hydrogen-bond donors (Lipinski definition) is 1. The Kier molecular flexibility index (Phi) is 3.55. The van der Waals surface area contributed by atoms with Gasteiger partial charge in [0.15, 0.2) is 5.82 Å². The molecular weight excluding hydrogens is 238 g/mol. The van der Waals surface area contributed by atoms with Gasteiger partial charge in [0, 0.05) is 17.8 Å². The van der Waals surface area contributed by atoms with E-state index in [1.54, 1.807) is 0 Å². The van der Waals surface area contributed by atoms with Crippen molar-refractivity contribution in [2.45, 2.75) is 40.7 Å². The summed E-state index contributed by atoms with van der Waals surface area (Å²) in [5, 5.41) is 12.0.